The lowest BCUT2D eigenvalue weighted by molar-refractivity contribution is 0.222. The zero-order chi connectivity index (χ0) is 21.6. The van der Waals surface area contributed by atoms with E-state index >= 15 is 0 Å². The molecule has 2 heterocycles. The lowest BCUT2D eigenvalue weighted by Crippen LogP contribution is -2.38. The topological polar surface area (TPSA) is 45.8 Å². The van der Waals surface area contributed by atoms with Crippen molar-refractivity contribution in [1.29, 1.82) is 0 Å². The van der Waals surface area contributed by atoms with Crippen LogP contribution in [0.5, 0.6) is 11.5 Å². The monoisotopic (exact) mass is 435 g/mol. The van der Waals surface area contributed by atoms with Gasteiger partial charge in [0.2, 0.25) is 0 Å². The summed E-state index contributed by atoms with van der Waals surface area (Å²) in [6, 6.07) is 10.7. The summed E-state index contributed by atoms with van der Waals surface area (Å²) in [7, 11) is 0. The summed E-state index contributed by atoms with van der Waals surface area (Å²) in [6.07, 6.45) is 2.87. The van der Waals surface area contributed by atoms with E-state index in [9.17, 15) is 13.2 Å². The van der Waals surface area contributed by atoms with Gasteiger partial charge in [-0.15, -0.1) is 0 Å². The van der Waals surface area contributed by atoms with Gasteiger partial charge in [-0.2, -0.15) is 0 Å². The Labute approximate surface area is 180 Å². The molecule has 2 fully saturated rings. The molecular weight excluding hydrogens is 407 g/mol. The van der Waals surface area contributed by atoms with Crippen LogP contribution in [-0.2, 0) is 0 Å². The Hall–Kier alpha value is -2.29. The summed E-state index contributed by atoms with van der Waals surface area (Å²) in [5.74, 6) is -0.927. The van der Waals surface area contributed by atoms with E-state index in [1.165, 1.54) is 12.1 Å². The van der Waals surface area contributed by atoms with Crippen LogP contribution in [0.4, 0.5) is 13.2 Å². The third-order valence-electron chi connectivity index (χ3n) is 6.02. The van der Waals surface area contributed by atoms with Gasteiger partial charge in [0.05, 0.1) is 6.61 Å². The molecule has 3 atom stereocenters. The fourth-order valence-electron chi connectivity index (χ4n) is 4.28. The fraction of sp³-hybridized carbons (Fsp3) is 0.478. The van der Waals surface area contributed by atoms with Gasteiger partial charge in [0.1, 0.15) is 12.4 Å². The van der Waals surface area contributed by atoms with Crippen molar-refractivity contribution in [2.75, 3.05) is 32.8 Å². The molecule has 2 N–H and O–H groups in total. The third kappa shape index (κ3) is 5.90. The Balaban J connectivity index is 1.13. The first-order valence-electron chi connectivity index (χ1n) is 10.8. The maximum absolute atomic E-state index is 13.6. The highest BCUT2D eigenvalue weighted by molar-refractivity contribution is 5.24. The van der Waals surface area contributed by atoms with E-state index in [0.717, 1.165) is 51.0 Å². The van der Waals surface area contributed by atoms with Gasteiger partial charge < -0.3 is 9.47 Å². The number of hydrogen-bond donors (Lipinski definition) is 2. The van der Waals surface area contributed by atoms with Crippen molar-refractivity contribution in [2.45, 2.75) is 31.3 Å². The van der Waals surface area contributed by atoms with Crippen molar-refractivity contribution < 1.29 is 22.6 Å². The van der Waals surface area contributed by atoms with Crippen LogP contribution in [-0.4, -0.2) is 49.8 Å². The summed E-state index contributed by atoms with van der Waals surface area (Å²) in [6.45, 7) is 3.66. The molecule has 0 aromatic heterocycles. The molecule has 5 nitrogen and oxygen atoms in total. The van der Waals surface area contributed by atoms with Gasteiger partial charge in [-0.3, -0.25) is 15.8 Å². The van der Waals surface area contributed by atoms with Crippen molar-refractivity contribution in [3.63, 3.8) is 0 Å². The Morgan fingerprint density at radius 1 is 0.935 bits per heavy atom. The average molecular weight is 435 g/mol. The molecule has 0 spiro atoms. The second kappa shape index (κ2) is 10.3. The summed E-state index contributed by atoms with van der Waals surface area (Å²) in [5, 5.41) is 0. The Bertz CT molecular complexity index is 870. The van der Waals surface area contributed by atoms with Gasteiger partial charge in [-0.1, -0.05) is 12.1 Å². The predicted molar refractivity (Wildman–Crippen MR) is 111 cm³/mol. The molecule has 2 aromatic carbocycles. The van der Waals surface area contributed by atoms with Crippen LogP contribution in [0.1, 0.15) is 19.3 Å². The quantitative estimate of drug-likeness (QED) is 0.631. The van der Waals surface area contributed by atoms with Crippen molar-refractivity contribution in [2.24, 2.45) is 5.92 Å². The minimum Gasteiger partial charge on any atom is -0.493 e. The van der Waals surface area contributed by atoms with Crippen molar-refractivity contribution in [3.05, 3.63) is 59.9 Å². The van der Waals surface area contributed by atoms with Crippen LogP contribution in [0.15, 0.2) is 42.5 Å². The normalized spacial score (nSPS) is 23.9. The minimum absolute atomic E-state index is 0.272. The van der Waals surface area contributed by atoms with Crippen LogP contribution in [0, 0.1) is 23.4 Å². The molecule has 0 aliphatic carbocycles. The second-order valence-corrected chi connectivity index (χ2v) is 8.17. The smallest absolute Gasteiger partial charge is 0.165 e. The molecule has 31 heavy (non-hydrogen) atoms. The first-order valence-corrected chi connectivity index (χ1v) is 10.8. The highest BCUT2D eigenvalue weighted by Crippen LogP contribution is 2.25. The number of para-hydroxylation sites is 1. The molecular formula is C23H28F3N3O2. The first kappa shape index (κ1) is 21.9. The average Bonchev–Trinajstić information content (AvgIpc) is 3.42. The number of likely N-dealkylation sites (tertiary alicyclic amines) is 1. The van der Waals surface area contributed by atoms with Gasteiger partial charge in [-0.25, -0.2) is 13.2 Å². The lowest BCUT2D eigenvalue weighted by Gasteiger charge is -2.20. The Kier molecular flexibility index (Phi) is 7.32. The Morgan fingerprint density at radius 2 is 1.81 bits per heavy atom. The molecule has 168 valence electrons. The molecule has 4 rings (SSSR count). The summed E-state index contributed by atoms with van der Waals surface area (Å²) >= 11 is 0. The minimum atomic E-state index is -0.900. The van der Waals surface area contributed by atoms with Crippen LogP contribution >= 0.6 is 0 Å². The maximum atomic E-state index is 13.6. The molecule has 8 heteroatoms. The summed E-state index contributed by atoms with van der Waals surface area (Å²) < 4.78 is 50.9. The SMILES string of the molecule is Fc1ccc(OCCC2CC(C3CCN(CCOc4ccccc4F)C3)NN2)cc1F. The van der Waals surface area contributed by atoms with E-state index in [0.29, 0.717) is 36.7 Å². The number of ether oxygens (including phenoxy) is 2. The Morgan fingerprint density at radius 3 is 2.65 bits per heavy atom. The standard InChI is InChI=1S/C23H28F3N3O2/c24-19-6-5-18(14-21(19)26)30-11-8-17-13-22(28-27-17)16-7-9-29(15-16)10-12-31-23-4-2-1-3-20(23)25/h1-6,14,16-17,22,27-28H,7-13,15H2. The highest BCUT2D eigenvalue weighted by Gasteiger charge is 2.34. The summed E-state index contributed by atoms with van der Waals surface area (Å²) in [4.78, 5) is 2.35. The van der Waals surface area contributed by atoms with Gasteiger partial charge in [0.25, 0.3) is 0 Å². The third-order valence-corrected chi connectivity index (χ3v) is 6.02. The number of nitrogens with one attached hydrogen (secondary N) is 2. The fourth-order valence-corrected chi connectivity index (χ4v) is 4.28. The highest BCUT2D eigenvalue weighted by atomic mass is 19.2. The molecule has 0 saturated carbocycles. The number of hydrazine groups is 1. The van der Waals surface area contributed by atoms with Crippen molar-refractivity contribution in [1.82, 2.24) is 15.8 Å². The predicted octanol–water partition coefficient (Wildman–Crippen LogP) is 3.51. The number of hydrogen-bond acceptors (Lipinski definition) is 5. The van der Waals surface area contributed by atoms with Gasteiger partial charge in [0, 0.05) is 31.2 Å². The molecule has 2 aliphatic heterocycles. The lowest BCUT2D eigenvalue weighted by atomic mass is 9.94. The summed E-state index contributed by atoms with van der Waals surface area (Å²) in [5.41, 5.74) is 6.73. The van der Waals surface area contributed by atoms with Crippen LogP contribution in [0.3, 0.4) is 0 Å². The van der Waals surface area contributed by atoms with Crippen LogP contribution in [0.2, 0.25) is 0 Å². The zero-order valence-corrected chi connectivity index (χ0v) is 17.3. The number of halogens is 3. The van der Waals surface area contributed by atoms with Gasteiger partial charge >= 0.3 is 0 Å². The maximum Gasteiger partial charge on any atom is 0.165 e. The number of benzene rings is 2. The van der Waals surface area contributed by atoms with E-state index in [1.807, 2.05) is 0 Å². The molecule has 3 unspecified atom stereocenters. The van der Waals surface area contributed by atoms with E-state index in [-0.39, 0.29) is 11.9 Å². The van der Waals surface area contributed by atoms with Gasteiger partial charge in [-0.05, 0) is 56.0 Å². The van der Waals surface area contributed by atoms with Crippen LogP contribution in [0.25, 0.3) is 0 Å². The molecule has 0 amide bonds. The van der Waals surface area contributed by atoms with E-state index in [2.05, 4.69) is 15.8 Å². The molecule has 2 aliphatic rings. The number of nitrogens with zero attached hydrogens (tertiary/aromatic N) is 1. The largest absolute Gasteiger partial charge is 0.493 e. The van der Waals surface area contributed by atoms with E-state index in [1.54, 1.807) is 18.2 Å². The van der Waals surface area contributed by atoms with Gasteiger partial charge in [0.15, 0.2) is 23.2 Å². The first-order chi connectivity index (χ1) is 15.1. The van der Waals surface area contributed by atoms with E-state index in [4.69, 9.17) is 9.47 Å². The molecule has 0 bridgehead atoms. The second-order valence-electron chi connectivity index (χ2n) is 8.17. The zero-order valence-electron chi connectivity index (χ0n) is 17.3. The molecule has 2 aromatic rings. The van der Waals surface area contributed by atoms with Crippen molar-refractivity contribution in [3.8, 4) is 11.5 Å². The molecule has 0 radical (unpaired) electrons. The van der Waals surface area contributed by atoms with Crippen LogP contribution < -0.4 is 20.3 Å². The number of rotatable bonds is 9. The van der Waals surface area contributed by atoms with Crippen molar-refractivity contribution >= 4 is 0 Å². The molecule has 2 saturated heterocycles. The van der Waals surface area contributed by atoms with E-state index < -0.39 is 11.6 Å².